The van der Waals surface area contributed by atoms with Crippen molar-refractivity contribution in [3.05, 3.63) is 47.4 Å². The molecule has 3 N–H and O–H groups in total. The van der Waals surface area contributed by atoms with E-state index in [0.717, 1.165) is 17.4 Å². The van der Waals surface area contributed by atoms with Crippen LogP contribution in [-0.2, 0) is 30.5 Å². The molecule has 0 aliphatic carbocycles. The van der Waals surface area contributed by atoms with Crippen LogP contribution in [0.15, 0.2) is 41.0 Å². The molecule has 200 valence electrons. The van der Waals surface area contributed by atoms with E-state index in [9.17, 15) is 24.0 Å². The minimum atomic E-state index is -1.03. The van der Waals surface area contributed by atoms with Gasteiger partial charge in [-0.3, -0.25) is 19.2 Å². The van der Waals surface area contributed by atoms with Crippen LogP contribution < -0.4 is 16.0 Å². The number of carbonyl (C=O) groups excluding carboxylic acids is 5. The fourth-order valence-electron chi connectivity index (χ4n) is 3.32. The average molecular weight is 549 g/mol. The predicted molar refractivity (Wildman–Crippen MR) is 143 cm³/mol. The third kappa shape index (κ3) is 9.36. The lowest BCUT2D eigenvalue weighted by atomic mass is 10.0. The molecule has 2 bridgehead atoms. The van der Waals surface area contributed by atoms with Crippen LogP contribution in [0.1, 0.15) is 49.8 Å². The normalized spacial score (nSPS) is 20.9. The number of hydrogen-bond acceptors (Lipinski definition) is 9. The summed E-state index contributed by atoms with van der Waals surface area (Å²) in [6, 6.07) is 2.40. The number of carbonyl (C=O) groups is 5. The summed E-state index contributed by atoms with van der Waals surface area (Å²) in [7, 11) is 0. The molecule has 3 amide bonds. The molecule has 0 saturated carbocycles. The molecular weight excluding hydrogens is 516 g/mol. The first-order valence-corrected chi connectivity index (χ1v) is 14.0. The van der Waals surface area contributed by atoms with Crippen molar-refractivity contribution in [1.82, 2.24) is 20.9 Å². The van der Waals surface area contributed by atoms with Crippen LogP contribution in [0.2, 0.25) is 0 Å². The van der Waals surface area contributed by atoms with Crippen molar-refractivity contribution in [2.45, 2.75) is 57.2 Å². The Morgan fingerprint density at radius 2 is 1.95 bits per heavy atom. The Labute approximate surface area is 224 Å². The van der Waals surface area contributed by atoms with E-state index < -0.39 is 29.9 Å². The predicted octanol–water partition coefficient (Wildman–Crippen LogP) is 2.38. The number of esters is 1. The van der Waals surface area contributed by atoms with Crippen LogP contribution in [0.25, 0.3) is 0 Å². The lowest BCUT2D eigenvalue weighted by molar-refractivity contribution is -0.153. The van der Waals surface area contributed by atoms with Gasteiger partial charge in [0.25, 0.3) is 11.8 Å². The molecule has 0 unspecified atom stereocenters. The largest absolute Gasteiger partial charge is 0.456 e. The van der Waals surface area contributed by atoms with Crippen LogP contribution in [0.5, 0.6) is 0 Å². The van der Waals surface area contributed by atoms with Gasteiger partial charge in [-0.25, -0.2) is 9.78 Å². The summed E-state index contributed by atoms with van der Waals surface area (Å²) in [4.78, 5) is 67.2. The number of thioether (sulfide) groups is 2. The van der Waals surface area contributed by atoms with Crippen molar-refractivity contribution >= 4 is 52.8 Å². The van der Waals surface area contributed by atoms with Crippen molar-refractivity contribution in [2.75, 3.05) is 12.0 Å². The second kappa shape index (κ2) is 15.2. The van der Waals surface area contributed by atoms with Gasteiger partial charge in [0.05, 0.1) is 18.7 Å². The summed E-state index contributed by atoms with van der Waals surface area (Å²) in [6.45, 7) is 5.13. The smallest absolute Gasteiger partial charge is 0.329 e. The number of hydrogen-bond donors (Lipinski definition) is 3. The van der Waals surface area contributed by atoms with Crippen molar-refractivity contribution in [1.29, 1.82) is 0 Å². The van der Waals surface area contributed by atoms with Crippen LogP contribution in [0.4, 0.5) is 0 Å². The molecule has 0 fully saturated rings. The molecule has 2 atom stereocenters. The number of cyclic esters (lactones) is 1. The molecule has 0 saturated heterocycles. The number of nitrogens with one attached hydrogen (secondary N) is 3. The van der Waals surface area contributed by atoms with E-state index in [1.54, 1.807) is 51.3 Å². The van der Waals surface area contributed by atoms with Crippen molar-refractivity contribution < 1.29 is 28.7 Å². The summed E-state index contributed by atoms with van der Waals surface area (Å²) in [5.41, 5.74) is 1.28. The molecule has 1 aliphatic heterocycles. The molecule has 0 radical (unpaired) electrons. The Morgan fingerprint density at radius 3 is 2.59 bits per heavy atom. The minimum Gasteiger partial charge on any atom is -0.456 e. The van der Waals surface area contributed by atoms with Gasteiger partial charge in [-0.05, 0) is 43.7 Å². The van der Waals surface area contributed by atoms with Gasteiger partial charge in [0.1, 0.15) is 23.5 Å². The maximum absolute atomic E-state index is 13.0. The standard InChI is InChI=1S/C25H32N4O6S2/c1-5-18-23(32)29-21(15(2)3)25(34)35-17(8-6-7-11-37-14-30)12-20(31)26-13-16-9-10-19(36-4)22(27-16)24(33)28-18/h5-6,8-10,14-15,17,21H,7,11-13H2,1-4H3,(H,26,31)(H,28,33)(H,29,32)/b8-6+,18-5-/t17-,21+/m1/s1. The van der Waals surface area contributed by atoms with Gasteiger partial charge in [0.15, 0.2) is 5.62 Å². The van der Waals surface area contributed by atoms with Gasteiger partial charge in [0.2, 0.25) is 5.91 Å². The SMILES string of the molecule is C/C=C1\NC(=O)c2nc(ccc2SC)CNC(=O)C[C@@H](/C=C/CCSC=O)OC(=O)[C@H](C(C)C)NC1=O. The zero-order chi connectivity index (χ0) is 27.4. The number of pyridine rings is 1. The maximum atomic E-state index is 13.0. The summed E-state index contributed by atoms with van der Waals surface area (Å²) in [6.07, 6.45) is 6.08. The third-order valence-electron chi connectivity index (χ3n) is 5.28. The second-order valence-electron chi connectivity index (χ2n) is 8.35. The Morgan fingerprint density at radius 1 is 1.19 bits per heavy atom. The monoisotopic (exact) mass is 548 g/mol. The average Bonchev–Trinajstić information content (AvgIpc) is 2.87. The molecule has 12 heteroatoms. The topological polar surface area (TPSA) is 144 Å². The summed E-state index contributed by atoms with van der Waals surface area (Å²) >= 11 is 2.44. The van der Waals surface area contributed by atoms with E-state index in [2.05, 4.69) is 20.9 Å². The molecule has 10 nitrogen and oxygen atoms in total. The van der Waals surface area contributed by atoms with E-state index in [1.165, 1.54) is 17.8 Å². The summed E-state index contributed by atoms with van der Waals surface area (Å²) in [5.74, 6) is -2.13. The van der Waals surface area contributed by atoms with Gasteiger partial charge in [-0.2, -0.15) is 0 Å². The number of nitrogens with zero attached hydrogens (tertiary/aromatic N) is 1. The highest BCUT2D eigenvalue weighted by Gasteiger charge is 2.30. The first-order chi connectivity index (χ1) is 17.7. The quantitative estimate of drug-likeness (QED) is 0.117. The lowest BCUT2D eigenvalue weighted by Crippen LogP contribution is -2.48. The molecule has 2 heterocycles. The fraction of sp³-hybridized carbons (Fsp3) is 0.440. The number of ether oxygens (including phenoxy) is 1. The number of allylic oxidation sites excluding steroid dienone is 2. The zero-order valence-corrected chi connectivity index (χ0v) is 22.9. The summed E-state index contributed by atoms with van der Waals surface area (Å²) in [5, 5.41) is 7.95. The van der Waals surface area contributed by atoms with E-state index in [4.69, 9.17) is 4.74 Å². The minimum absolute atomic E-state index is 0.0350. The first-order valence-electron chi connectivity index (χ1n) is 11.7. The number of aromatic nitrogens is 1. The van der Waals surface area contributed by atoms with E-state index in [1.807, 2.05) is 0 Å². The highest BCUT2D eigenvalue weighted by Crippen LogP contribution is 2.20. The zero-order valence-electron chi connectivity index (χ0n) is 21.2. The molecule has 1 aliphatic rings. The fourth-order valence-corrected chi connectivity index (χ4v) is 4.22. The van der Waals surface area contributed by atoms with Crippen LogP contribution in [-0.4, -0.2) is 58.4 Å². The van der Waals surface area contributed by atoms with Crippen molar-refractivity contribution in [2.24, 2.45) is 5.92 Å². The summed E-state index contributed by atoms with van der Waals surface area (Å²) < 4.78 is 5.61. The molecule has 0 spiro atoms. The molecule has 2 rings (SSSR count). The number of amides is 3. The van der Waals surface area contributed by atoms with E-state index in [0.29, 0.717) is 22.8 Å². The van der Waals surface area contributed by atoms with Crippen molar-refractivity contribution in [3.8, 4) is 0 Å². The van der Waals surface area contributed by atoms with Gasteiger partial charge in [-0.1, -0.05) is 37.8 Å². The highest BCUT2D eigenvalue weighted by molar-refractivity contribution is 8.11. The molecular formula is C25H32N4O6S2. The first kappa shape index (κ1) is 30.1. The van der Waals surface area contributed by atoms with Gasteiger partial charge in [-0.15, -0.1) is 11.8 Å². The maximum Gasteiger partial charge on any atom is 0.329 e. The molecule has 1 aromatic rings. The lowest BCUT2D eigenvalue weighted by Gasteiger charge is -2.24. The van der Waals surface area contributed by atoms with Gasteiger partial charge >= 0.3 is 5.97 Å². The van der Waals surface area contributed by atoms with Gasteiger partial charge < -0.3 is 20.7 Å². The highest BCUT2D eigenvalue weighted by atomic mass is 32.2. The number of rotatable bonds is 7. The Bertz CT molecular complexity index is 1070. The van der Waals surface area contributed by atoms with Crippen LogP contribution in [0, 0.1) is 5.92 Å². The Kier molecular flexibility index (Phi) is 12.4. The van der Waals surface area contributed by atoms with E-state index in [-0.39, 0.29) is 36.2 Å². The Balaban J connectivity index is 2.42. The molecule has 37 heavy (non-hydrogen) atoms. The van der Waals surface area contributed by atoms with Crippen LogP contribution >= 0.6 is 23.5 Å². The van der Waals surface area contributed by atoms with Crippen LogP contribution in [0.3, 0.4) is 0 Å². The van der Waals surface area contributed by atoms with Gasteiger partial charge in [0, 0.05) is 10.6 Å². The number of fused-ring (bicyclic) bond motifs is 2. The second-order valence-corrected chi connectivity index (χ2v) is 10.1. The molecule has 1 aromatic heterocycles. The van der Waals surface area contributed by atoms with E-state index >= 15 is 0 Å². The Hall–Kier alpha value is -3.12. The third-order valence-corrected chi connectivity index (χ3v) is 6.66. The van der Waals surface area contributed by atoms with Crippen molar-refractivity contribution in [3.63, 3.8) is 0 Å². The molecule has 0 aromatic carbocycles.